The third kappa shape index (κ3) is 8.41. The zero-order valence-corrected chi connectivity index (χ0v) is 17.6. The Morgan fingerprint density at radius 2 is 2.10 bits per heavy atom. The summed E-state index contributed by atoms with van der Waals surface area (Å²) in [4.78, 5) is 2.25. The number of aliphatic hydroxyl groups excluding tert-OH is 1. The second-order valence-corrected chi connectivity index (χ2v) is 7.04. The van der Waals surface area contributed by atoms with E-state index in [1.54, 1.807) is 20.3 Å². The van der Waals surface area contributed by atoms with E-state index in [0.717, 1.165) is 31.8 Å². The fraction of sp³-hybridized carbons (Fsp3) is 0.478. The molecule has 0 saturated carbocycles. The summed E-state index contributed by atoms with van der Waals surface area (Å²) in [6.07, 6.45) is 4.15. The monoisotopic (exact) mass is 402 g/mol. The molecule has 1 aromatic heterocycles. The van der Waals surface area contributed by atoms with Gasteiger partial charge in [-0.25, -0.2) is 0 Å². The number of aromatic nitrogens is 1. The van der Waals surface area contributed by atoms with Gasteiger partial charge in [-0.3, -0.25) is 4.90 Å². The second kappa shape index (κ2) is 13.2. The maximum atomic E-state index is 10.3. The number of benzene rings is 1. The van der Waals surface area contributed by atoms with Crippen LogP contribution < -0.4 is 4.74 Å². The van der Waals surface area contributed by atoms with E-state index in [2.05, 4.69) is 46.5 Å². The first kappa shape index (κ1) is 23.2. The number of nitrogens with zero attached hydrogens (tertiary/aromatic N) is 2. The zero-order chi connectivity index (χ0) is 20.9. The van der Waals surface area contributed by atoms with Crippen LogP contribution in [-0.2, 0) is 22.6 Å². The van der Waals surface area contributed by atoms with Gasteiger partial charge in [-0.2, -0.15) is 0 Å². The highest BCUT2D eigenvalue weighted by Gasteiger charge is 2.14. The first-order chi connectivity index (χ1) is 14.2. The van der Waals surface area contributed by atoms with Crippen LogP contribution in [0.1, 0.15) is 17.7 Å². The van der Waals surface area contributed by atoms with E-state index < -0.39 is 6.10 Å². The van der Waals surface area contributed by atoms with E-state index in [4.69, 9.17) is 14.2 Å². The van der Waals surface area contributed by atoms with Crippen molar-refractivity contribution < 1.29 is 19.3 Å². The molecule has 0 unspecified atom stereocenters. The van der Waals surface area contributed by atoms with E-state index in [0.29, 0.717) is 26.4 Å². The smallest absolute Gasteiger partial charge is 0.119 e. The Kier molecular flexibility index (Phi) is 10.5. The average Bonchev–Trinajstić information content (AvgIpc) is 3.15. The van der Waals surface area contributed by atoms with Gasteiger partial charge >= 0.3 is 0 Å². The van der Waals surface area contributed by atoms with Crippen LogP contribution in [0.25, 0.3) is 0 Å². The molecule has 0 bridgehead atoms. The third-order valence-electron chi connectivity index (χ3n) is 4.63. The molecule has 0 aliphatic carbocycles. The summed E-state index contributed by atoms with van der Waals surface area (Å²) in [5, 5.41) is 10.3. The van der Waals surface area contributed by atoms with Crippen molar-refractivity contribution in [2.75, 3.05) is 47.1 Å². The maximum absolute atomic E-state index is 10.3. The number of rotatable bonds is 15. The van der Waals surface area contributed by atoms with Crippen LogP contribution in [0.3, 0.4) is 0 Å². The summed E-state index contributed by atoms with van der Waals surface area (Å²) in [5.41, 5.74) is 2.38. The van der Waals surface area contributed by atoms with Gasteiger partial charge in [0.05, 0.1) is 26.4 Å². The van der Waals surface area contributed by atoms with E-state index in [9.17, 15) is 5.11 Å². The molecule has 0 radical (unpaired) electrons. The van der Waals surface area contributed by atoms with E-state index in [1.807, 2.05) is 12.1 Å². The summed E-state index contributed by atoms with van der Waals surface area (Å²) in [6.45, 7) is 8.00. The second-order valence-electron chi connectivity index (χ2n) is 7.04. The molecule has 1 aromatic carbocycles. The van der Waals surface area contributed by atoms with Crippen LogP contribution in [-0.4, -0.2) is 67.8 Å². The van der Waals surface area contributed by atoms with Crippen LogP contribution in [0.15, 0.2) is 55.3 Å². The van der Waals surface area contributed by atoms with Crippen molar-refractivity contribution in [2.24, 2.45) is 0 Å². The molecule has 2 aromatic rings. The van der Waals surface area contributed by atoms with Gasteiger partial charge in [-0.05, 0) is 36.2 Å². The van der Waals surface area contributed by atoms with Crippen molar-refractivity contribution in [1.82, 2.24) is 9.47 Å². The van der Waals surface area contributed by atoms with Gasteiger partial charge in [0.1, 0.15) is 5.75 Å². The summed E-state index contributed by atoms with van der Waals surface area (Å²) < 4.78 is 18.2. The molecule has 1 atom stereocenters. The third-order valence-corrected chi connectivity index (χ3v) is 4.63. The lowest BCUT2D eigenvalue weighted by molar-refractivity contribution is 0.0225. The van der Waals surface area contributed by atoms with Gasteiger partial charge in [0.2, 0.25) is 0 Å². The van der Waals surface area contributed by atoms with E-state index in [-0.39, 0.29) is 0 Å². The molecule has 1 N–H and O–H groups in total. The van der Waals surface area contributed by atoms with Gasteiger partial charge in [0, 0.05) is 51.8 Å². The minimum atomic E-state index is -0.542. The lowest BCUT2D eigenvalue weighted by atomic mass is 10.2. The fourth-order valence-corrected chi connectivity index (χ4v) is 3.25. The number of hydrogen-bond donors (Lipinski definition) is 1. The SMILES string of the molecule is C=CCOC[C@@H](O)CN(CCCOC)Cc1cccn1Cc1cccc(OC)c1. The van der Waals surface area contributed by atoms with Crippen molar-refractivity contribution in [3.63, 3.8) is 0 Å². The highest BCUT2D eigenvalue weighted by atomic mass is 16.5. The molecular weight excluding hydrogens is 368 g/mol. The Morgan fingerprint density at radius 1 is 1.24 bits per heavy atom. The molecule has 2 rings (SSSR count). The molecular formula is C23H34N2O4. The number of ether oxygens (including phenoxy) is 3. The molecule has 0 spiro atoms. The normalized spacial score (nSPS) is 12.3. The molecule has 0 aliphatic heterocycles. The van der Waals surface area contributed by atoms with Gasteiger partial charge in [-0.1, -0.05) is 18.2 Å². The topological polar surface area (TPSA) is 56.1 Å². The van der Waals surface area contributed by atoms with Gasteiger partial charge in [-0.15, -0.1) is 6.58 Å². The molecule has 0 amide bonds. The zero-order valence-electron chi connectivity index (χ0n) is 17.6. The van der Waals surface area contributed by atoms with Crippen molar-refractivity contribution in [2.45, 2.75) is 25.6 Å². The standard InChI is InChI=1S/C23H34N2O4/c1-4-13-29-19-22(26)18-24(11-7-14-27-2)17-21-9-6-12-25(21)16-20-8-5-10-23(15-20)28-3/h4-6,8-10,12,15,22,26H,1,7,11,13-14,16-19H2,2-3H3/t22-/m0/s1. The minimum absolute atomic E-state index is 0.303. The highest BCUT2D eigenvalue weighted by Crippen LogP contribution is 2.16. The molecule has 6 heteroatoms. The summed E-state index contributed by atoms with van der Waals surface area (Å²) in [7, 11) is 3.39. The van der Waals surface area contributed by atoms with Crippen LogP contribution in [0.2, 0.25) is 0 Å². The predicted molar refractivity (Wildman–Crippen MR) is 115 cm³/mol. The molecule has 6 nitrogen and oxygen atoms in total. The Bertz CT molecular complexity index is 716. The van der Waals surface area contributed by atoms with Gasteiger partial charge in [0.25, 0.3) is 0 Å². The molecule has 0 saturated heterocycles. The van der Waals surface area contributed by atoms with Crippen LogP contribution in [0.4, 0.5) is 0 Å². The van der Waals surface area contributed by atoms with Crippen molar-refractivity contribution in [1.29, 1.82) is 0 Å². The summed E-state index contributed by atoms with van der Waals surface area (Å²) in [5.74, 6) is 0.861. The molecule has 0 aliphatic rings. The number of methoxy groups -OCH3 is 2. The largest absolute Gasteiger partial charge is 0.497 e. The van der Waals surface area contributed by atoms with E-state index >= 15 is 0 Å². The Morgan fingerprint density at radius 3 is 2.86 bits per heavy atom. The van der Waals surface area contributed by atoms with Crippen molar-refractivity contribution in [3.05, 3.63) is 66.5 Å². The average molecular weight is 403 g/mol. The maximum Gasteiger partial charge on any atom is 0.119 e. The predicted octanol–water partition coefficient (Wildman–Crippen LogP) is 2.95. The first-order valence-electron chi connectivity index (χ1n) is 10.0. The Balaban J connectivity index is 2.01. The van der Waals surface area contributed by atoms with Crippen LogP contribution in [0.5, 0.6) is 5.75 Å². The highest BCUT2D eigenvalue weighted by molar-refractivity contribution is 5.29. The van der Waals surface area contributed by atoms with Gasteiger partial charge in [0.15, 0.2) is 0 Å². The summed E-state index contributed by atoms with van der Waals surface area (Å²) in [6, 6.07) is 12.3. The number of aliphatic hydroxyl groups is 1. The lowest BCUT2D eigenvalue weighted by Gasteiger charge is -2.25. The minimum Gasteiger partial charge on any atom is -0.497 e. The van der Waals surface area contributed by atoms with Crippen LogP contribution >= 0.6 is 0 Å². The molecule has 160 valence electrons. The van der Waals surface area contributed by atoms with Gasteiger partial charge < -0.3 is 23.9 Å². The Hall–Kier alpha value is -2.12. The fourth-order valence-electron chi connectivity index (χ4n) is 3.25. The molecule has 29 heavy (non-hydrogen) atoms. The number of hydrogen-bond acceptors (Lipinski definition) is 5. The van der Waals surface area contributed by atoms with Crippen LogP contribution in [0, 0.1) is 0 Å². The first-order valence-corrected chi connectivity index (χ1v) is 10.0. The lowest BCUT2D eigenvalue weighted by Crippen LogP contribution is -2.36. The molecule has 0 fully saturated rings. The Labute approximate surface area is 174 Å². The quantitative estimate of drug-likeness (QED) is 0.367. The van der Waals surface area contributed by atoms with Crippen molar-refractivity contribution >= 4 is 0 Å². The van der Waals surface area contributed by atoms with Crippen molar-refractivity contribution in [3.8, 4) is 5.75 Å². The molecule has 1 heterocycles. The summed E-state index contributed by atoms with van der Waals surface area (Å²) >= 11 is 0. The van der Waals surface area contributed by atoms with E-state index in [1.165, 1.54) is 11.3 Å².